The number of piperazine rings is 1. The topological polar surface area (TPSA) is 66.0 Å². The van der Waals surface area contributed by atoms with Crippen LogP contribution >= 0.6 is 0 Å². The summed E-state index contributed by atoms with van der Waals surface area (Å²) in [7, 11) is 2.18. The van der Waals surface area contributed by atoms with Crippen molar-refractivity contribution < 1.29 is 9.47 Å². The molecule has 2 aromatic carbocycles. The summed E-state index contributed by atoms with van der Waals surface area (Å²) in [6.07, 6.45) is 3.31. The molecule has 0 radical (unpaired) electrons. The number of aromatic nitrogens is 2. The maximum Gasteiger partial charge on any atom is 0.318 e. The van der Waals surface area contributed by atoms with Crippen LogP contribution in [0.15, 0.2) is 30.3 Å². The third-order valence-electron chi connectivity index (χ3n) is 8.36. The van der Waals surface area contributed by atoms with Crippen LogP contribution in [-0.2, 0) is 13.0 Å². The molecule has 0 amide bonds. The standard InChI is InChI=1S/C30H40N6O2/c1-4-37-27-18-22-8-5-6-10-24(22)28(21(27)2)36-15-11-25-26(19-36)32-30(38-20-23-9-7-14-34(23)3)33-29(25)35-16-12-31-13-17-35/h5-6,8,10,18,23,31H,4,7,9,11-17,19-20H2,1-3H3/t23-/m0/s1. The van der Waals surface area contributed by atoms with E-state index in [-0.39, 0.29) is 0 Å². The van der Waals surface area contributed by atoms with E-state index in [1.165, 1.54) is 40.4 Å². The average molecular weight is 517 g/mol. The lowest BCUT2D eigenvalue weighted by Gasteiger charge is -2.36. The first-order valence-electron chi connectivity index (χ1n) is 14.2. The number of likely N-dealkylation sites (tertiary alicyclic amines) is 1. The van der Waals surface area contributed by atoms with Crippen molar-refractivity contribution in [3.8, 4) is 11.8 Å². The lowest BCUT2D eigenvalue weighted by atomic mass is 9.98. The monoisotopic (exact) mass is 516 g/mol. The molecule has 3 aliphatic rings. The van der Waals surface area contributed by atoms with Gasteiger partial charge in [0.15, 0.2) is 0 Å². The summed E-state index contributed by atoms with van der Waals surface area (Å²) in [5.41, 5.74) is 4.79. The third-order valence-corrected chi connectivity index (χ3v) is 8.36. The molecular formula is C30H40N6O2. The number of hydrogen-bond acceptors (Lipinski definition) is 8. The van der Waals surface area contributed by atoms with E-state index in [4.69, 9.17) is 19.4 Å². The molecule has 2 fully saturated rings. The van der Waals surface area contributed by atoms with E-state index >= 15 is 0 Å². The second-order valence-corrected chi connectivity index (χ2v) is 10.8. The van der Waals surface area contributed by atoms with Gasteiger partial charge in [0.1, 0.15) is 18.2 Å². The van der Waals surface area contributed by atoms with E-state index < -0.39 is 0 Å². The van der Waals surface area contributed by atoms with Crippen molar-refractivity contribution in [3.63, 3.8) is 0 Å². The van der Waals surface area contributed by atoms with Gasteiger partial charge in [-0.1, -0.05) is 24.3 Å². The second kappa shape index (κ2) is 10.9. The van der Waals surface area contributed by atoms with E-state index in [9.17, 15) is 0 Å². The van der Waals surface area contributed by atoms with Gasteiger partial charge in [0.2, 0.25) is 0 Å². The van der Waals surface area contributed by atoms with Crippen molar-refractivity contribution in [1.82, 2.24) is 20.2 Å². The Bertz CT molecular complexity index is 1290. The smallest absolute Gasteiger partial charge is 0.318 e. The summed E-state index contributed by atoms with van der Waals surface area (Å²) in [6.45, 7) is 12.2. The molecule has 8 nitrogen and oxygen atoms in total. The number of benzene rings is 2. The maximum atomic E-state index is 6.30. The highest BCUT2D eigenvalue weighted by molar-refractivity contribution is 5.97. The summed E-state index contributed by atoms with van der Waals surface area (Å²) in [6, 6.07) is 11.7. The molecule has 38 heavy (non-hydrogen) atoms. The molecule has 202 valence electrons. The Morgan fingerprint density at radius 3 is 2.66 bits per heavy atom. The first-order chi connectivity index (χ1) is 18.6. The first kappa shape index (κ1) is 25.2. The van der Waals surface area contributed by atoms with Gasteiger partial charge in [0.25, 0.3) is 0 Å². The highest BCUT2D eigenvalue weighted by atomic mass is 16.5. The van der Waals surface area contributed by atoms with Gasteiger partial charge in [-0.2, -0.15) is 9.97 Å². The summed E-state index contributed by atoms with van der Waals surface area (Å²) in [4.78, 5) is 17.3. The van der Waals surface area contributed by atoms with Crippen molar-refractivity contribution in [2.75, 3.05) is 69.3 Å². The van der Waals surface area contributed by atoms with Gasteiger partial charge in [0.05, 0.1) is 24.5 Å². The van der Waals surface area contributed by atoms with Gasteiger partial charge in [-0.05, 0) is 58.2 Å². The Kier molecular flexibility index (Phi) is 7.26. The van der Waals surface area contributed by atoms with Crippen molar-refractivity contribution in [2.45, 2.75) is 45.7 Å². The number of anilines is 2. The molecule has 1 atom stereocenters. The van der Waals surface area contributed by atoms with E-state index in [2.05, 4.69) is 64.3 Å². The number of nitrogens with zero attached hydrogens (tertiary/aromatic N) is 5. The fourth-order valence-corrected chi connectivity index (χ4v) is 6.26. The van der Waals surface area contributed by atoms with E-state index in [0.29, 0.717) is 25.3 Å². The minimum absolute atomic E-state index is 0.434. The largest absolute Gasteiger partial charge is 0.494 e. The summed E-state index contributed by atoms with van der Waals surface area (Å²) in [5, 5.41) is 5.93. The fourth-order valence-electron chi connectivity index (χ4n) is 6.26. The zero-order chi connectivity index (χ0) is 26.1. The molecule has 0 saturated carbocycles. The summed E-state index contributed by atoms with van der Waals surface area (Å²) in [5.74, 6) is 2.02. The zero-order valence-electron chi connectivity index (χ0n) is 23.0. The van der Waals surface area contributed by atoms with Crippen LogP contribution in [0.2, 0.25) is 0 Å². The molecule has 0 unspecified atom stereocenters. The van der Waals surface area contributed by atoms with Gasteiger partial charge in [0, 0.05) is 55.3 Å². The van der Waals surface area contributed by atoms with E-state index in [1.54, 1.807) is 0 Å². The number of rotatable bonds is 7. The van der Waals surface area contributed by atoms with Gasteiger partial charge >= 0.3 is 6.01 Å². The minimum atomic E-state index is 0.434. The molecule has 2 saturated heterocycles. The van der Waals surface area contributed by atoms with Crippen LogP contribution in [0.4, 0.5) is 11.5 Å². The Balaban J connectivity index is 1.36. The minimum Gasteiger partial charge on any atom is -0.494 e. The number of ether oxygens (including phenoxy) is 2. The Hall–Kier alpha value is -3.10. The van der Waals surface area contributed by atoms with Crippen LogP contribution in [0.5, 0.6) is 11.8 Å². The maximum absolute atomic E-state index is 6.30. The van der Waals surface area contributed by atoms with Crippen LogP contribution in [-0.4, -0.2) is 80.4 Å². The number of hydrogen-bond donors (Lipinski definition) is 1. The van der Waals surface area contributed by atoms with Crippen molar-refractivity contribution >= 4 is 22.3 Å². The van der Waals surface area contributed by atoms with Crippen LogP contribution in [0.1, 0.15) is 36.6 Å². The molecule has 8 heteroatoms. The van der Waals surface area contributed by atoms with Gasteiger partial charge in [-0.3, -0.25) is 0 Å². The molecule has 3 aliphatic heterocycles. The molecule has 0 spiro atoms. The molecule has 1 aromatic heterocycles. The molecule has 3 aromatic rings. The Morgan fingerprint density at radius 2 is 1.87 bits per heavy atom. The van der Waals surface area contributed by atoms with Gasteiger partial charge < -0.3 is 29.5 Å². The zero-order valence-corrected chi connectivity index (χ0v) is 23.0. The predicted octanol–water partition coefficient (Wildman–Crippen LogP) is 3.78. The van der Waals surface area contributed by atoms with Gasteiger partial charge in [-0.25, -0.2) is 0 Å². The molecule has 0 bridgehead atoms. The second-order valence-electron chi connectivity index (χ2n) is 10.8. The summed E-state index contributed by atoms with van der Waals surface area (Å²) >= 11 is 0. The normalized spacial score (nSPS) is 20.1. The summed E-state index contributed by atoms with van der Waals surface area (Å²) < 4.78 is 12.4. The molecule has 6 rings (SSSR count). The van der Waals surface area contributed by atoms with Crippen LogP contribution in [0.3, 0.4) is 0 Å². The van der Waals surface area contributed by atoms with Crippen molar-refractivity contribution in [2.24, 2.45) is 0 Å². The lowest BCUT2D eigenvalue weighted by Crippen LogP contribution is -2.45. The fraction of sp³-hybridized carbons (Fsp3) is 0.533. The van der Waals surface area contributed by atoms with E-state index in [1.807, 2.05) is 6.92 Å². The SMILES string of the molecule is CCOc1cc2ccccc2c(N2CCc3c(nc(OC[C@@H]4CCCN4C)nc3N3CCNCC3)C2)c1C. The quantitative estimate of drug-likeness (QED) is 0.509. The third kappa shape index (κ3) is 4.87. The number of fused-ring (bicyclic) bond motifs is 2. The average Bonchev–Trinajstić information content (AvgIpc) is 3.36. The van der Waals surface area contributed by atoms with Gasteiger partial charge in [-0.15, -0.1) is 0 Å². The van der Waals surface area contributed by atoms with Crippen molar-refractivity contribution in [1.29, 1.82) is 0 Å². The van der Waals surface area contributed by atoms with Crippen LogP contribution in [0, 0.1) is 6.92 Å². The molecule has 1 N–H and O–H groups in total. The van der Waals surface area contributed by atoms with E-state index in [0.717, 1.165) is 69.5 Å². The lowest BCUT2D eigenvalue weighted by molar-refractivity contribution is 0.187. The Labute approximate surface area is 225 Å². The highest BCUT2D eigenvalue weighted by Crippen LogP contribution is 2.40. The number of nitrogens with one attached hydrogen (secondary N) is 1. The number of likely N-dealkylation sites (N-methyl/N-ethyl adjacent to an activating group) is 1. The molecule has 4 heterocycles. The van der Waals surface area contributed by atoms with Crippen LogP contribution < -0.4 is 24.6 Å². The first-order valence-corrected chi connectivity index (χ1v) is 14.2. The predicted molar refractivity (Wildman–Crippen MR) is 153 cm³/mol. The molecule has 0 aliphatic carbocycles. The molecular weight excluding hydrogens is 476 g/mol. The van der Waals surface area contributed by atoms with Crippen LogP contribution in [0.25, 0.3) is 10.8 Å². The highest BCUT2D eigenvalue weighted by Gasteiger charge is 2.29. The van der Waals surface area contributed by atoms with Crippen molar-refractivity contribution in [3.05, 3.63) is 47.2 Å². The Morgan fingerprint density at radius 1 is 1.03 bits per heavy atom.